The highest BCUT2D eigenvalue weighted by Gasteiger charge is 2.15. The van der Waals surface area contributed by atoms with Crippen molar-refractivity contribution in [3.05, 3.63) is 0 Å². The van der Waals surface area contributed by atoms with E-state index in [-0.39, 0.29) is 12.7 Å². The van der Waals surface area contributed by atoms with Gasteiger partial charge in [0.05, 0.1) is 6.10 Å². The normalized spacial score (nSPS) is 17.8. The van der Waals surface area contributed by atoms with Crippen LogP contribution in [0, 0.1) is 0 Å². The monoisotopic (exact) mass is 221 g/mol. The molecular weight excluding hydrogens is 198 g/mol. The fourth-order valence-electron chi connectivity index (χ4n) is 1.28. The van der Waals surface area contributed by atoms with Crippen LogP contribution in [0.3, 0.4) is 0 Å². The van der Waals surface area contributed by atoms with E-state index in [2.05, 4.69) is 18.5 Å². The summed E-state index contributed by atoms with van der Waals surface area (Å²) in [6.45, 7) is 4.40. The predicted molar refractivity (Wildman–Crippen MR) is 62.9 cm³/mol. The number of thioether (sulfide) groups is 1. The molecular formula is C10H23NO2S. The van der Waals surface area contributed by atoms with E-state index in [4.69, 9.17) is 9.84 Å². The molecule has 3 unspecified atom stereocenters. The first kappa shape index (κ1) is 14.2. The van der Waals surface area contributed by atoms with Crippen molar-refractivity contribution in [3.63, 3.8) is 0 Å². The summed E-state index contributed by atoms with van der Waals surface area (Å²) in [4.78, 5) is 0. The summed E-state index contributed by atoms with van der Waals surface area (Å²) in [5, 5.41) is 12.4. The van der Waals surface area contributed by atoms with Crippen LogP contribution < -0.4 is 5.32 Å². The second-order valence-corrected chi connectivity index (χ2v) is 4.47. The molecule has 3 nitrogen and oxygen atoms in total. The van der Waals surface area contributed by atoms with E-state index < -0.39 is 0 Å². The number of aliphatic hydroxyl groups excluding tert-OH is 1. The molecule has 0 aromatic carbocycles. The minimum absolute atomic E-state index is 0.207. The van der Waals surface area contributed by atoms with Gasteiger partial charge in [0.1, 0.15) is 0 Å². The van der Waals surface area contributed by atoms with E-state index in [1.807, 2.05) is 6.92 Å². The van der Waals surface area contributed by atoms with Crippen molar-refractivity contribution >= 4 is 11.8 Å². The largest absolute Gasteiger partial charge is 0.396 e. The molecule has 3 atom stereocenters. The van der Waals surface area contributed by atoms with Gasteiger partial charge in [-0.2, -0.15) is 11.8 Å². The second kappa shape index (κ2) is 8.53. The third-order valence-electron chi connectivity index (χ3n) is 2.42. The SMILES string of the molecule is COC(C)C(C)NC(CCO)CSC. The van der Waals surface area contributed by atoms with Crippen molar-refractivity contribution in [2.24, 2.45) is 0 Å². The molecule has 0 aromatic rings. The maximum atomic E-state index is 8.89. The Morgan fingerprint density at radius 3 is 2.50 bits per heavy atom. The van der Waals surface area contributed by atoms with E-state index in [1.165, 1.54) is 0 Å². The lowest BCUT2D eigenvalue weighted by Gasteiger charge is -2.25. The lowest BCUT2D eigenvalue weighted by molar-refractivity contribution is 0.0839. The summed E-state index contributed by atoms with van der Waals surface area (Å²) < 4.78 is 5.24. The summed E-state index contributed by atoms with van der Waals surface area (Å²) in [5.41, 5.74) is 0. The number of aliphatic hydroxyl groups is 1. The van der Waals surface area contributed by atoms with E-state index in [1.54, 1.807) is 18.9 Å². The number of nitrogens with one attached hydrogen (secondary N) is 1. The minimum atomic E-state index is 0.207. The Labute approximate surface area is 91.6 Å². The van der Waals surface area contributed by atoms with Crippen molar-refractivity contribution < 1.29 is 9.84 Å². The van der Waals surface area contributed by atoms with E-state index in [0.29, 0.717) is 12.1 Å². The average Bonchev–Trinajstić information content (AvgIpc) is 2.17. The van der Waals surface area contributed by atoms with Crippen molar-refractivity contribution in [1.29, 1.82) is 0 Å². The summed E-state index contributed by atoms with van der Waals surface area (Å²) in [6.07, 6.45) is 3.09. The molecule has 0 saturated carbocycles. The van der Waals surface area contributed by atoms with Crippen molar-refractivity contribution in [2.75, 3.05) is 25.7 Å². The third-order valence-corrected chi connectivity index (χ3v) is 3.16. The zero-order valence-corrected chi connectivity index (χ0v) is 10.4. The lowest BCUT2D eigenvalue weighted by atomic mass is 10.1. The predicted octanol–water partition coefficient (Wildman–Crippen LogP) is 1.11. The Bertz CT molecular complexity index is 129. The van der Waals surface area contributed by atoms with Gasteiger partial charge in [-0.1, -0.05) is 0 Å². The summed E-state index contributed by atoms with van der Waals surface area (Å²) in [5.74, 6) is 1.03. The molecule has 0 radical (unpaired) electrons. The second-order valence-electron chi connectivity index (χ2n) is 3.56. The molecule has 0 aliphatic heterocycles. The van der Waals surface area contributed by atoms with Crippen LogP contribution in [-0.2, 0) is 4.74 Å². The minimum Gasteiger partial charge on any atom is -0.396 e. The fourth-order valence-corrected chi connectivity index (χ4v) is 1.95. The zero-order chi connectivity index (χ0) is 11.0. The van der Waals surface area contributed by atoms with Crippen LogP contribution in [0.25, 0.3) is 0 Å². The standard InChI is InChI=1S/C10H23NO2S/c1-8(9(2)13-3)11-10(5-6-12)7-14-4/h8-12H,5-7H2,1-4H3. The van der Waals surface area contributed by atoms with E-state index >= 15 is 0 Å². The number of ether oxygens (including phenoxy) is 1. The van der Waals surface area contributed by atoms with Crippen LogP contribution in [0.15, 0.2) is 0 Å². The van der Waals surface area contributed by atoms with Crippen LogP contribution in [0.4, 0.5) is 0 Å². The van der Waals surface area contributed by atoms with Crippen molar-refractivity contribution in [1.82, 2.24) is 5.32 Å². The molecule has 4 heteroatoms. The summed E-state index contributed by atoms with van der Waals surface area (Å²) >= 11 is 1.80. The van der Waals surface area contributed by atoms with Crippen LogP contribution in [0.1, 0.15) is 20.3 Å². The molecule has 0 spiro atoms. The van der Waals surface area contributed by atoms with Gasteiger partial charge < -0.3 is 15.2 Å². The number of hydrogen-bond acceptors (Lipinski definition) is 4. The first-order valence-electron chi connectivity index (χ1n) is 5.04. The number of rotatable bonds is 8. The fraction of sp³-hybridized carbons (Fsp3) is 1.00. The Kier molecular flexibility index (Phi) is 8.67. The van der Waals surface area contributed by atoms with Gasteiger partial charge in [-0.3, -0.25) is 0 Å². The smallest absolute Gasteiger partial charge is 0.0693 e. The molecule has 2 N–H and O–H groups in total. The molecule has 0 aromatic heterocycles. The lowest BCUT2D eigenvalue weighted by Crippen LogP contribution is -2.44. The Morgan fingerprint density at radius 2 is 2.07 bits per heavy atom. The summed E-state index contributed by atoms with van der Waals surface area (Å²) in [7, 11) is 1.72. The van der Waals surface area contributed by atoms with Crippen LogP contribution in [-0.4, -0.2) is 49.0 Å². The highest BCUT2D eigenvalue weighted by molar-refractivity contribution is 7.98. The van der Waals surface area contributed by atoms with E-state index in [9.17, 15) is 0 Å². The maximum Gasteiger partial charge on any atom is 0.0693 e. The van der Waals surface area contributed by atoms with Crippen molar-refractivity contribution in [2.45, 2.75) is 38.5 Å². The summed E-state index contributed by atoms with van der Waals surface area (Å²) in [6, 6.07) is 0.700. The van der Waals surface area contributed by atoms with Gasteiger partial charge in [-0.15, -0.1) is 0 Å². The molecule has 86 valence electrons. The van der Waals surface area contributed by atoms with Crippen LogP contribution in [0.5, 0.6) is 0 Å². The molecule has 0 rings (SSSR count). The van der Waals surface area contributed by atoms with Gasteiger partial charge >= 0.3 is 0 Å². The molecule has 0 fully saturated rings. The Morgan fingerprint density at radius 1 is 1.43 bits per heavy atom. The van der Waals surface area contributed by atoms with Gasteiger partial charge in [-0.25, -0.2) is 0 Å². The first-order valence-corrected chi connectivity index (χ1v) is 6.43. The van der Waals surface area contributed by atoms with Crippen molar-refractivity contribution in [3.8, 4) is 0 Å². The van der Waals surface area contributed by atoms with Gasteiger partial charge in [0.2, 0.25) is 0 Å². The Balaban J connectivity index is 3.87. The highest BCUT2D eigenvalue weighted by Crippen LogP contribution is 2.05. The molecule has 0 aliphatic rings. The van der Waals surface area contributed by atoms with Crippen LogP contribution >= 0.6 is 11.8 Å². The third kappa shape index (κ3) is 5.86. The number of hydrogen-bond donors (Lipinski definition) is 2. The number of methoxy groups -OCH3 is 1. The first-order chi connectivity index (χ1) is 6.65. The van der Waals surface area contributed by atoms with E-state index in [0.717, 1.165) is 12.2 Å². The molecule has 0 amide bonds. The van der Waals surface area contributed by atoms with Crippen LogP contribution in [0.2, 0.25) is 0 Å². The van der Waals surface area contributed by atoms with Gasteiger partial charge in [-0.05, 0) is 26.5 Å². The molecule has 0 bridgehead atoms. The van der Waals surface area contributed by atoms with Gasteiger partial charge in [0, 0.05) is 31.6 Å². The molecule has 14 heavy (non-hydrogen) atoms. The van der Waals surface area contributed by atoms with Gasteiger partial charge in [0.15, 0.2) is 0 Å². The Hall–Kier alpha value is 0.230. The molecule has 0 aliphatic carbocycles. The molecule has 0 saturated heterocycles. The zero-order valence-electron chi connectivity index (χ0n) is 9.62. The molecule has 0 heterocycles. The average molecular weight is 221 g/mol. The quantitative estimate of drug-likeness (QED) is 0.644. The topological polar surface area (TPSA) is 41.5 Å². The van der Waals surface area contributed by atoms with Gasteiger partial charge in [0.25, 0.3) is 0 Å². The maximum absolute atomic E-state index is 8.89. The highest BCUT2D eigenvalue weighted by atomic mass is 32.2.